The maximum Gasteiger partial charge on any atom is 0.253 e. The van der Waals surface area contributed by atoms with Crippen molar-refractivity contribution in [1.29, 1.82) is 0 Å². The van der Waals surface area contributed by atoms with Crippen LogP contribution in [-0.2, 0) is 0 Å². The van der Waals surface area contributed by atoms with E-state index in [9.17, 15) is 4.79 Å². The summed E-state index contributed by atoms with van der Waals surface area (Å²) in [6.07, 6.45) is 5.65. The zero-order chi connectivity index (χ0) is 12.3. The molecule has 1 fully saturated rings. The van der Waals surface area contributed by atoms with Crippen LogP contribution in [0.3, 0.4) is 0 Å². The smallest absolute Gasteiger partial charge is 0.253 e. The summed E-state index contributed by atoms with van der Waals surface area (Å²) in [6.45, 7) is 1.85. The summed E-state index contributed by atoms with van der Waals surface area (Å²) in [4.78, 5) is 16.2. The Bertz CT molecular complexity index is 397. The number of aromatic nitrogens is 1. The Morgan fingerprint density at radius 1 is 1.41 bits per heavy atom. The van der Waals surface area contributed by atoms with Crippen molar-refractivity contribution >= 4 is 5.91 Å². The Hall–Kier alpha value is -1.42. The van der Waals surface area contributed by atoms with Crippen LogP contribution in [0.25, 0.3) is 0 Å². The molecule has 0 aliphatic heterocycles. The van der Waals surface area contributed by atoms with E-state index in [1.807, 2.05) is 13.0 Å². The highest BCUT2D eigenvalue weighted by atomic mass is 16.1. The Labute approximate surface area is 102 Å². The lowest BCUT2D eigenvalue weighted by Gasteiger charge is -2.26. The van der Waals surface area contributed by atoms with Gasteiger partial charge in [0.15, 0.2) is 0 Å². The van der Waals surface area contributed by atoms with Gasteiger partial charge in [0.05, 0.1) is 5.56 Å². The number of hydrogen-bond acceptors (Lipinski definition) is 3. The van der Waals surface area contributed by atoms with Crippen LogP contribution in [0.1, 0.15) is 41.7 Å². The van der Waals surface area contributed by atoms with Crippen molar-refractivity contribution in [3.8, 4) is 0 Å². The van der Waals surface area contributed by atoms with E-state index in [-0.39, 0.29) is 11.9 Å². The molecule has 1 aromatic heterocycles. The van der Waals surface area contributed by atoms with Crippen molar-refractivity contribution < 1.29 is 4.79 Å². The highest BCUT2D eigenvalue weighted by Crippen LogP contribution is 2.17. The molecule has 0 aromatic carbocycles. The van der Waals surface area contributed by atoms with Crippen molar-refractivity contribution in [2.45, 2.75) is 44.7 Å². The molecular formula is C13H19N3O. The SMILES string of the molecule is Cc1ncccc1C(=O)NC1CCC(N)CC1. The fourth-order valence-corrected chi connectivity index (χ4v) is 2.25. The molecule has 1 aliphatic carbocycles. The van der Waals surface area contributed by atoms with E-state index < -0.39 is 0 Å². The molecule has 1 aromatic rings. The number of nitrogens with zero attached hydrogens (tertiary/aromatic N) is 1. The summed E-state index contributed by atoms with van der Waals surface area (Å²) < 4.78 is 0. The van der Waals surface area contributed by atoms with Gasteiger partial charge in [0.2, 0.25) is 0 Å². The van der Waals surface area contributed by atoms with E-state index in [1.54, 1.807) is 12.3 Å². The predicted molar refractivity (Wildman–Crippen MR) is 66.7 cm³/mol. The van der Waals surface area contributed by atoms with E-state index >= 15 is 0 Å². The topological polar surface area (TPSA) is 68.0 Å². The van der Waals surface area contributed by atoms with Gasteiger partial charge in [-0.15, -0.1) is 0 Å². The van der Waals surface area contributed by atoms with E-state index in [0.29, 0.717) is 11.6 Å². The zero-order valence-electron chi connectivity index (χ0n) is 10.1. The van der Waals surface area contributed by atoms with Crippen LogP contribution in [0.4, 0.5) is 0 Å². The van der Waals surface area contributed by atoms with Crippen LogP contribution in [-0.4, -0.2) is 23.0 Å². The van der Waals surface area contributed by atoms with Crippen molar-refractivity contribution in [1.82, 2.24) is 10.3 Å². The van der Waals surface area contributed by atoms with Crippen molar-refractivity contribution in [3.05, 3.63) is 29.6 Å². The molecule has 4 heteroatoms. The maximum atomic E-state index is 12.0. The molecule has 0 atom stereocenters. The molecule has 0 bridgehead atoms. The Morgan fingerprint density at radius 3 is 2.76 bits per heavy atom. The molecule has 1 aliphatic rings. The molecule has 1 heterocycles. The Kier molecular flexibility index (Phi) is 3.74. The fourth-order valence-electron chi connectivity index (χ4n) is 2.25. The van der Waals surface area contributed by atoms with Gasteiger partial charge in [-0.25, -0.2) is 0 Å². The first-order chi connectivity index (χ1) is 8.16. The van der Waals surface area contributed by atoms with E-state index in [0.717, 1.165) is 31.4 Å². The van der Waals surface area contributed by atoms with Gasteiger partial charge >= 0.3 is 0 Å². The molecule has 3 N–H and O–H groups in total. The normalized spacial score (nSPS) is 24.4. The number of pyridine rings is 1. The summed E-state index contributed by atoms with van der Waals surface area (Å²) in [5.41, 5.74) is 7.28. The lowest BCUT2D eigenvalue weighted by molar-refractivity contribution is 0.0925. The van der Waals surface area contributed by atoms with Gasteiger partial charge in [-0.2, -0.15) is 0 Å². The molecule has 1 amide bonds. The second-order valence-electron chi connectivity index (χ2n) is 4.72. The number of hydrogen-bond donors (Lipinski definition) is 2. The van der Waals surface area contributed by atoms with Crippen LogP contribution in [0.2, 0.25) is 0 Å². The third kappa shape index (κ3) is 3.03. The quantitative estimate of drug-likeness (QED) is 0.811. The number of nitrogens with one attached hydrogen (secondary N) is 1. The lowest BCUT2D eigenvalue weighted by Crippen LogP contribution is -2.40. The molecule has 1 saturated carbocycles. The first kappa shape index (κ1) is 12.0. The molecule has 17 heavy (non-hydrogen) atoms. The van der Waals surface area contributed by atoms with Gasteiger partial charge in [0, 0.05) is 24.0 Å². The second kappa shape index (κ2) is 5.27. The van der Waals surface area contributed by atoms with Gasteiger partial charge < -0.3 is 11.1 Å². The van der Waals surface area contributed by atoms with Gasteiger partial charge in [-0.05, 0) is 44.7 Å². The Morgan fingerprint density at radius 2 is 2.12 bits per heavy atom. The molecule has 0 spiro atoms. The van der Waals surface area contributed by atoms with Crippen molar-refractivity contribution in [2.24, 2.45) is 5.73 Å². The number of aryl methyl sites for hydroxylation is 1. The van der Waals surface area contributed by atoms with Gasteiger partial charge in [0.25, 0.3) is 5.91 Å². The summed E-state index contributed by atoms with van der Waals surface area (Å²) in [5.74, 6) is -0.0175. The monoisotopic (exact) mass is 233 g/mol. The molecular weight excluding hydrogens is 214 g/mol. The highest BCUT2D eigenvalue weighted by molar-refractivity contribution is 5.95. The summed E-state index contributed by atoms with van der Waals surface area (Å²) in [6, 6.07) is 4.18. The largest absolute Gasteiger partial charge is 0.349 e. The van der Waals surface area contributed by atoms with Crippen LogP contribution in [0.15, 0.2) is 18.3 Å². The predicted octanol–water partition coefficient (Wildman–Crippen LogP) is 1.39. The molecule has 0 unspecified atom stereocenters. The summed E-state index contributed by atoms with van der Waals surface area (Å²) in [7, 11) is 0. The van der Waals surface area contributed by atoms with Crippen LogP contribution in [0.5, 0.6) is 0 Å². The standard InChI is InChI=1S/C13H19N3O/c1-9-12(3-2-8-15-9)13(17)16-11-6-4-10(14)5-7-11/h2-3,8,10-11H,4-7,14H2,1H3,(H,16,17). The van der Waals surface area contributed by atoms with E-state index in [1.165, 1.54) is 0 Å². The van der Waals surface area contributed by atoms with Gasteiger partial charge in [0.1, 0.15) is 0 Å². The molecule has 0 saturated heterocycles. The molecule has 4 nitrogen and oxygen atoms in total. The summed E-state index contributed by atoms with van der Waals surface area (Å²) >= 11 is 0. The fraction of sp³-hybridized carbons (Fsp3) is 0.538. The van der Waals surface area contributed by atoms with Crippen LogP contribution >= 0.6 is 0 Å². The maximum absolute atomic E-state index is 12.0. The minimum absolute atomic E-state index is 0.0175. The number of rotatable bonds is 2. The lowest BCUT2D eigenvalue weighted by atomic mass is 9.91. The number of carbonyl (C=O) groups is 1. The Balaban J connectivity index is 1.96. The molecule has 0 radical (unpaired) electrons. The van der Waals surface area contributed by atoms with E-state index in [4.69, 9.17) is 5.73 Å². The molecule has 2 rings (SSSR count). The van der Waals surface area contributed by atoms with Gasteiger partial charge in [-0.1, -0.05) is 0 Å². The molecule has 92 valence electrons. The average molecular weight is 233 g/mol. The van der Waals surface area contributed by atoms with Crippen LogP contribution in [0, 0.1) is 6.92 Å². The third-order valence-corrected chi connectivity index (χ3v) is 3.36. The third-order valence-electron chi connectivity index (χ3n) is 3.36. The van der Waals surface area contributed by atoms with E-state index in [2.05, 4.69) is 10.3 Å². The second-order valence-corrected chi connectivity index (χ2v) is 4.72. The first-order valence-electron chi connectivity index (χ1n) is 6.15. The number of nitrogens with two attached hydrogens (primary N) is 1. The van der Waals surface area contributed by atoms with Crippen LogP contribution < -0.4 is 11.1 Å². The van der Waals surface area contributed by atoms with Crippen molar-refractivity contribution in [3.63, 3.8) is 0 Å². The van der Waals surface area contributed by atoms with Gasteiger partial charge in [-0.3, -0.25) is 9.78 Å². The summed E-state index contributed by atoms with van der Waals surface area (Å²) in [5, 5.41) is 3.06. The van der Waals surface area contributed by atoms with Crippen molar-refractivity contribution in [2.75, 3.05) is 0 Å². The first-order valence-corrected chi connectivity index (χ1v) is 6.15. The average Bonchev–Trinajstić information content (AvgIpc) is 2.32. The minimum atomic E-state index is -0.0175. The zero-order valence-corrected chi connectivity index (χ0v) is 10.1. The highest BCUT2D eigenvalue weighted by Gasteiger charge is 2.21. The minimum Gasteiger partial charge on any atom is -0.349 e. The number of amides is 1. The number of carbonyl (C=O) groups excluding carboxylic acids is 1.